The van der Waals surface area contributed by atoms with Gasteiger partial charge in [-0.1, -0.05) is 51.0 Å². The maximum atomic E-state index is 13.5. The SMILES string of the molecule is CS(=O)(=O)N(CC(=O)NN=C1CCCCCCCCCCC1)c1cccc(F)c1. The molecule has 29 heavy (non-hydrogen) atoms. The summed E-state index contributed by atoms with van der Waals surface area (Å²) in [7, 11) is -3.74. The normalized spacial score (nSPS) is 17.0. The monoisotopic (exact) mass is 425 g/mol. The molecule has 0 saturated heterocycles. The summed E-state index contributed by atoms with van der Waals surface area (Å²) in [5, 5.41) is 4.28. The van der Waals surface area contributed by atoms with E-state index in [0.29, 0.717) is 0 Å². The second kappa shape index (κ2) is 11.9. The summed E-state index contributed by atoms with van der Waals surface area (Å²) in [5.41, 5.74) is 3.57. The van der Waals surface area contributed by atoms with Crippen LogP contribution in [0.5, 0.6) is 0 Å². The van der Waals surface area contributed by atoms with E-state index in [1.54, 1.807) is 0 Å². The summed E-state index contributed by atoms with van der Waals surface area (Å²) in [5.74, 6) is -1.11. The van der Waals surface area contributed by atoms with Crippen molar-refractivity contribution in [1.29, 1.82) is 0 Å². The Bertz CT molecular complexity index is 782. The highest BCUT2D eigenvalue weighted by molar-refractivity contribution is 7.92. The fourth-order valence-electron chi connectivity index (χ4n) is 3.47. The fraction of sp³-hybridized carbons (Fsp3) is 0.619. The Morgan fingerprint density at radius 3 is 2.10 bits per heavy atom. The summed E-state index contributed by atoms with van der Waals surface area (Å²) in [6, 6.07) is 5.18. The number of carbonyl (C=O) groups excluding carboxylic acids is 1. The third kappa shape index (κ3) is 8.94. The molecule has 162 valence electrons. The van der Waals surface area contributed by atoms with Gasteiger partial charge in [0.25, 0.3) is 5.91 Å². The zero-order valence-corrected chi connectivity index (χ0v) is 18.0. The minimum atomic E-state index is -3.74. The zero-order chi connectivity index (χ0) is 21.1. The van der Waals surface area contributed by atoms with Crippen molar-refractivity contribution in [2.24, 2.45) is 5.10 Å². The van der Waals surface area contributed by atoms with E-state index in [4.69, 9.17) is 0 Å². The number of hydrogen-bond donors (Lipinski definition) is 1. The van der Waals surface area contributed by atoms with Gasteiger partial charge in [-0.3, -0.25) is 9.10 Å². The Hall–Kier alpha value is -1.96. The lowest BCUT2D eigenvalue weighted by atomic mass is 10.00. The number of anilines is 1. The number of rotatable bonds is 5. The van der Waals surface area contributed by atoms with Crippen LogP contribution in [0.25, 0.3) is 0 Å². The van der Waals surface area contributed by atoms with Crippen LogP contribution in [0.15, 0.2) is 29.4 Å². The third-order valence-corrected chi connectivity index (χ3v) is 6.19. The maximum Gasteiger partial charge on any atom is 0.260 e. The highest BCUT2D eigenvalue weighted by Gasteiger charge is 2.21. The van der Waals surface area contributed by atoms with E-state index in [2.05, 4.69) is 10.5 Å². The lowest BCUT2D eigenvalue weighted by Gasteiger charge is -2.21. The van der Waals surface area contributed by atoms with E-state index in [1.807, 2.05) is 0 Å². The van der Waals surface area contributed by atoms with Crippen LogP contribution in [0.4, 0.5) is 10.1 Å². The Morgan fingerprint density at radius 2 is 1.59 bits per heavy atom. The molecule has 0 atom stereocenters. The molecule has 1 N–H and O–H groups in total. The summed E-state index contributed by atoms with van der Waals surface area (Å²) in [4.78, 5) is 12.4. The van der Waals surface area contributed by atoms with Gasteiger partial charge in [-0.25, -0.2) is 18.2 Å². The van der Waals surface area contributed by atoms with Crippen LogP contribution in [-0.4, -0.2) is 32.8 Å². The quantitative estimate of drug-likeness (QED) is 0.712. The average Bonchev–Trinajstić information content (AvgIpc) is 2.65. The highest BCUT2D eigenvalue weighted by atomic mass is 32.2. The summed E-state index contributed by atoms with van der Waals surface area (Å²) in [6.45, 7) is -0.445. The maximum absolute atomic E-state index is 13.5. The van der Waals surface area contributed by atoms with Gasteiger partial charge in [0, 0.05) is 5.71 Å². The van der Waals surface area contributed by atoms with Crippen molar-refractivity contribution in [2.75, 3.05) is 17.1 Å². The number of hydrogen-bond acceptors (Lipinski definition) is 4. The second-order valence-electron chi connectivity index (χ2n) is 7.64. The van der Waals surface area contributed by atoms with Crippen molar-refractivity contribution < 1.29 is 17.6 Å². The van der Waals surface area contributed by atoms with Crippen molar-refractivity contribution in [1.82, 2.24) is 5.43 Å². The van der Waals surface area contributed by atoms with Gasteiger partial charge < -0.3 is 0 Å². The molecular weight excluding hydrogens is 393 g/mol. The lowest BCUT2D eigenvalue weighted by Crippen LogP contribution is -2.39. The molecule has 0 aliphatic heterocycles. The number of nitrogens with zero attached hydrogens (tertiary/aromatic N) is 2. The van der Waals surface area contributed by atoms with Crippen LogP contribution in [0.2, 0.25) is 0 Å². The molecule has 1 aromatic rings. The van der Waals surface area contributed by atoms with E-state index < -0.39 is 28.3 Å². The molecule has 0 spiro atoms. The van der Waals surface area contributed by atoms with Crippen LogP contribution in [0, 0.1) is 5.82 Å². The topological polar surface area (TPSA) is 78.8 Å². The summed E-state index contributed by atoms with van der Waals surface area (Å²) >= 11 is 0. The van der Waals surface area contributed by atoms with Gasteiger partial charge >= 0.3 is 0 Å². The first-order valence-electron chi connectivity index (χ1n) is 10.4. The number of sulfonamides is 1. The molecule has 8 heteroatoms. The van der Waals surface area contributed by atoms with Crippen LogP contribution >= 0.6 is 0 Å². The van der Waals surface area contributed by atoms with Crippen molar-refractivity contribution in [2.45, 2.75) is 70.6 Å². The van der Waals surface area contributed by atoms with Crippen LogP contribution in [0.1, 0.15) is 70.6 Å². The van der Waals surface area contributed by atoms with Crippen LogP contribution in [-0.2, 0) is 14.8 Å². The first-order chi connectivity index (χ1) is 13.9. The van der Waals surface area contributed by atoms with E-state index in [-0.39, 0.29) is 5.69 Å². The molecule has 0 heterocycles. The Balaban J connectivity index is 1.99. The van der Waals surface area contributed by atoms with Crippen molar-refractivity contribution >= 4 is 27.3 Å². The average molecular weight is 426 g/mol. The number of hydrazone groups is 1. The number of amides is 1. The van der Waals surface area contributed by atoms with Gasteiger partial charge in [0.1, 0.15) is 12.4 Å². The highest BCUT2D eigenvalue weighted by Crippen LogP contribution is 2.18. The largest absolute Gasteiger partial charge is 0.271 e. The molecule has 1 saturated carbocycles. The molecule has 0 radical (unpaired) electrons. The molecule has 1 aromatic carbocycles. The van der Waals surface area contributed by atoms with Crippen LogP contribution in [0.3, 0.4) is 0 Å². The third-order valence-electron chi connectivity index (χ3n) is 5.05. The van der Waals surface area contributed by atoms with Gasteiger partial charge in [0.05, 0.1) is 11.9 Å². The minimum absolute atomic E-state index is 0.112. The van der Waals surface area contributed by atoms with E-state index >= 15 is 0 Å². The standard InChI is InChI=1S/C21H32FN3O3S/c1-29(27,28)25(20-15-11-12-18(22)16-20)17-21(26)24-23-19-13-9-7-5-3-2-4-6-8-10-14-19/h11-12,15-16H,2-10,13-14,17H2,1H3,(H,24,26). The lowest BCUT2D eigenvalue weighted by molar-refractivity contribution is -0.119. The number of benzene rings is 1. The molecule has 1 aliphatic rings. The molecular formula is C21H32FN3O3S. The van der Waals surface area contributed by atoms with E-state index in [0.717, 1.165) is 60.9 Å². The summed E-state index contributed by atoms with van der Waals surface area (Å²) < 4.78 is 38.5. The van der Waals surface area contributed by atoms with Crippen molar-refractivity contribution in [3.8, 4) is 0 Å². The van der Waals surface area contributed by atoms with E-state index in [9.17, 15) is 17.6 Å². The molecule has 0 unspecified atom stereocenters. The Morgan fingerprint density at radius 1 is 1.03 bits per heavy atom. The molecule has 1 fully saturated rings. The molecule has 6 nitrogen and oxygen atoms in total. The summed E-state index contributed by atoms with van der Waals surface area (Å²) in [6.07, 6.45) is 13.5. The smallest absolute Gasteiger partial charge is 0.260 e. The van der Waals surface area contributed by atoms with Crippen molar-refractivity contribution in [3.63, 3.8) is 0 Å². The Kier molecular flexibility index (Phi) is 9.57. The zero-order valence-electron chi connectivity index (χ0n) is 17.2. The minimum Gasteiger partial charge on any atom is -0.271 e. The number of carbonyl (C=O) groups is 1. The predicted octanol–water partition coefficient (Wildman–Crippen LogP) is 4.37. The van der Waals surface area contributed by atoms with Crippen molar-refractivity contribution in [3.05, 3.63) is 30.1 Å². The Labute approximate surface area is 173 Å². The second-order valence-corrected chi connectivity index (χ2v) is 9.55. The molecule has 1 aliphatic carbocycles. The van der Waals surface area contributed by atoms with Gasteiger partial charge in [0.15, 0.2) is 0 Å². The first kappa shape index (κ1) is 23.3. The fourth-order valence-corrected chi connectivity index (χ4v) is 4.32. The predicted molar refractivity (Wildman–Crippen MR) is 115 cm³/mol. The first-order valence-corrected chi connectivity index (χ1v) is 12.3. The van der Waals surface area contributed by atoms with Crippen LogP contribution < -0.4 is 9.73 Å². The van der Waals surface area contributed by atoms with Gasteiger partial charge in [0.2, 0.25) is 10.0 Å². The van der Waals surface area contributed by atoms with Gasteiger partial charge in [-0.05, 0) is 43.9 Å². The molecule has 1 amide bonds. The molecule has 0 aromatic heterocycles. The van der Waals surface area contributed by atoms with E-state index in [1.165, 1.54) is 50.3 Å². The number of nitrogens with one attached hydrogen (secondary N) is 1. The number of halogens is 1. The van der Waals surface area contributed by atoms with Gasteiger partial charge in [-0.15, -0.1) is 0 Å². The molecule has 0 bridgehead atoms. The molecule has 2 rings (SSSR count). The van der Waals surface area contributed by atoms with Gasteiger partial charge in [-0.2, -0.15) is 5.10 Å².